The Bertz CT molecular complexity index is 1240. The number of hydrogen-bond acceptors (Lipinski definition) is 4. The summed E-state index contributed by atoms with van der Waals surface area (Å²) < 4.78 is 1.86. The predicted molar refractivity (Wildman–Crippen MR) is 128 cm³/mol. The van der Waals surface area contributed by atoms with Crippen molar-refractivity contribution in [2.45, 2.75) is 38.1 Å². The van der Waals surface area contributed by atoms with Crippen molar-refractivity contribution in [1.29, 1.82) is 0 Å². The summed E-state index contributed by atoms with van der Waals surface area (Å²) in [6, 6.07) is 19.2. The standard InChI is InChI=1S/C25H24ClN3OS/c1-16-23(18-10-12-19(26)13-11-18)24-27-21(25(2,3)4)14-22(29(24)28-16)31-15-20(30)17-8-6-5-7-9-17/h5-14H,15H2,1-4H3. The SMILES string of the molecule is Cc1nn2c(SCC(=O)c3ccccc3)cc(C(C)(C)C)nc2c1-c1ccc(Cl)cc1. The molecule has 2 aromatic carbocycles. The predicted octanol–water partition coefficient (Wildman–Crippen LogP) is 6.63. The highest BCUT2D eigenvalue weighted by Gasteiger charge is 2.23. The number of ketones is 1. The zero-order chi connectivity index (χ0) is 22.2. The molecule has 0 fully saturated rings. The number of thioether (sulfide) groups is 1. The molecular formula is C25H24ClN3OS. The highest BCUT2D eigenvalue weighted by molar-refractivity contribution is 7.99. The Morgan fingerprint density at radius 1 is 1.06 bits per heavy atom. The van der Waals surface area contributed by atoms with Crippen LogP contribution in [0, 0.1) is 6.92 Å². The largest absolute Gasteiger partial charge is 0.293 e. The molecule has 6 heteroatoms. The van der Waals surface area contributed by atoms with E-state index in [2.05, 4.69) is 20.8 Å². The first-order valence-electron chi connectivity index (χ1n) is 10.1. The van der Waals surface area contributed by atoms with E-state index in [-0.39, 0.29) is 11.2 Å². The first kappa shape index (κ1) is 21.6. The highest BCUT2D eigenvalue weighted by Crippen LogP contribution is 2.33. The second-order valence-electron chi connectivity index (χ2n) is 8.51. The number of carbonyl (C=O) groups excluding carboxylic acids is 1. The molecular weight excluding hydrogens is 426 g/mol. The number of hydrogen-bond donors (Lipinski definition) is 0. The van der Waals surface area contributed by atoms with Crippen molar-refractivity contribution in [2.24, 2.45) is 0 Å². The first-order chi connectivity index (χ1) is 14.7. The van der Waals surface area contributed by atoms with Gasteiger partial charge in [-0.15, -0.1) is 0 Å². The maximum absolute atomic E-state index is 12.7. The Hall–Kier alpha value is -2.63. The Labute approximate surface area is 191 Å². The number of halogens is 1. The van der Waals surface area contributed by atoms with Gasteiger partial charge in [-0.3, -0.25) is 4.79 Å². The van der Waals surface area contributed by atoms with Crippen LogP contribution in [0.25, 0.3) is 16.8 Å². The second-order valence-corrected chi connectivity index (χ2v) is 9.94. The summed E-state index contributed by atoms with van der Waals surface area (Å²) in [5, 5.41) is 6.37. The number of nitrogens with zero attached hydrogens (tertiary/aromatic N) is 3. The van der Waals surface area contributed by atoms with Crippen molar-refractivity contribution in [1.82, 2.24) is 14.6 Å². The second kappa shape index (κ2) is 8.48. The van der Waals surface area contributed by atoms with E-state index in [9.17, 15) is 4.79 Å². The lowest BCUT2D eigenvalue weighted by molar-refractivity contribution is 0.102. The van der Waals surface area contributed by atoms with Crippen LogP contribution >= 0.6 is 23.4 Å². The van der Waals surface area contributed by atoms with E-state index in [0.717, 1.165) is 38.8 Å². The minimum atomic E-state index is -0.143. The van der Waals surface area contributed by atoms with Gasteiger partial charge in [0.25, 0.3) is 0 Å². The van der Waals surface area contributed by atoms with Gasteiger partial charge < -0.3 is 0 Å². The van der Waals surface area contributed by atoms with Crippen LogP contribution in [0.2, 0.25) is 5.02 Å². The number of aryl methyl sites for hydroxylation is 1. The minimum absolute atomic E-state index is 0.0923. The lowest BCUT2D eigenvalue weighted by Gasteiger charge is -2.19. The van der Waals surface area contributed by atoms with E-state index in [1.807, 2.05) is 72.1 Å². The quantitative estimate of drug-likeness (QED) is 0.195. The molecule has 0 N–H and O–H groups in total. The Balaban J connectivity index is 1.80. The van der Waals surface area contributed by atoms with E-state index < -0.39 is 0 Å². The third-order valence-corrected chi connectivity index (χ3v) is 6.32. The van der Waals surface area contributed by atoms with Crippen molar-refractivity contribution >= 4 is 34.8 Å². The minimum Gasteiger partial charge on any atom is -0.293 e. The average Bonchev–Trinajstić information content (AvgIpc) is 3.08. The maximum atomic E-state index is 12.7. The van der Waals surface area contributed by atoms with Gasteiger partial charge in [0.05, 0.1) is 17.1 Å². The van der Waals surface area contributed by atoms with Gasteiger partial charge in [-0.2, -0.15) is 5.10 Å². The first-order valence-corrected chi connectivity index (χ1v) is 11.5. The normalized spacial score (nSPS) is 11.8. The highest BCUT2D eigenvalue weighted by atomic mass is 35.5. The smallest absolute Gasteiger partial charge is 0.173 e. The molecule has 4 nitrogen and oxygen atoms in total. The fourth-order valence-electron chi connectivity index (χ4n) is 3.38. The van der Waals surface area contributed by atoms with E-state index in [1.54, 1.807) is 0 Å². The molecule has 0 saturated heterocycles. The third kappa shape index (κ3) is 4.53. The lowest BCUT2D eigenvalue weighted by atomic mass is 9.92. The van der Waals surface area contributed by atoms with Gasteiger partial charge in [0.1, 0.15) is 5.03 Å². The van der Waals surface area contributed by atoms with E-state index in [0.29, 0.717) is 10.8 Å². The van der Waals surface area contributed by atoms with Crippen molar-refractivity contribution < 1.29 is 4.79 Å². The van der Waals surface area contributed by atoms with Crippen molar-refractivity contribution in [3.63, 3.8) is 0 Å². The summed E-state index contributed by atoms with van der Waals surface area (Å²) in [5.41, 5.74) is 5.22. The Morgan fingerprint density at radius 2 is 1.74 bits per heavy atom. The van der Waals surface area contributed by atoms with Crippen LogP contribution in [0.15, 0.2) is 65.7 Å². The van der Waals surface area contributed by atoms with E-state index in [4.69, 9.17) is 21.7 Å². The molecule has 0 amide bonds. The van der Waals surface area contributed by atoms with Gasteiger partial charge in [0.15, 0.2) is 11.4 Å². The molecule has 0 bridgehead atoms. The molecule has 158 valence electrons. The van der Waals surface area contributed by atoms with Gasteiger partial charge in [-0.1, -0.05) is 86.6 Å². The van der Waals surface area contributed by atoms with Crippen LogP contribution in [-0.2, 0) is 5.41 Å². The number of aromatic nitrogens is 3. The molecule has 2 aromatic heterocycles. The molecule has 0 atom stereocenters. The molecule has 31 heavy (non-hydrogen) atoms. The van der Waals surface area contributed by atoms with Crippen molar-refractivity contribution in [3.05, 3.63) is 82.6 Å². The molecule has 4 aromatic rings. The fourth-order valence-corrected chi connectivity index (χ4v) is 4.40. The molecule has 0 spiro atoms. The van der Waals surface area contributed by atoms with Crippen molar-refractivity contribution in [2.75, 3.05) is 5.75 Å². The number of benzene rings is 2. The Morgan fingerprint density at radius 3 is 2.39 bits per heavy atom. The van der Waals surface area contributed by atoms with Crippen LogP contribution in [0.4, 0.5) is 0 Å². The number of rotatable bonds is 5. The average molecular weight is 450 g/mol. The topological polar surface area (TPSA) is 47.3 Å². The van der Waals surface area contributed by atoms with Crippen LogP contribution < -0.4 is 0 Å². The molecule has 0 aliphatic heterocycles. The zero-order valence-corrected chi connectivity index (χ0v) is 19.6. The number of Topliss-reactive ketones (excluding diaryl/α,β-unsaturated/α-hetero) is 1. The van der Waals surface area contributed by atoms with E-state index in [1.165, 1.54) is 11.8 Å². The zero-order valence-electron chi connectivity index (χ0n) is 18.0. The lowest BCUT2D eigenvalue weighted by Crippen LogP contribution is -2.15. The molecule has 0 aliphatic carbocycles. The summed E-state index contributed by atoms with van der Waals surface area (Å²) in [5.74, 6) is 0.428. The summed E-state index contributed by atoms with van der Waals surface area (Å²) >= 11 is 7.58. The summed E-state index contributed by atoms with van der Waals surface area (Å²) in [6.45, 7) is 8.40. The molecule has 2 heterocycles. The van der Waals surface area contributed by atoms with Crippen LogP contribution in [0.3, 0.4) is 0 Å². The maximum Gasteiger partial charge on any atom is 0.173 e. The number of carbonyl (C=O) groups is 1. The van der Waals surface area contributed by atoms with E-state index >= 15 is 0 Å². The van der Waals surface area contributed by atoms with Crippen LogP contribution in [0.5, 0.6) is 0 Å². The number of fused-ring (bicyclic) bond motifs is 1. The fraction of sp³-hybridized carbons (Fsp3) is 0.240. The third-order valence-electron chi connectivity index (χ3n) is 5.08. The van der Waals surface area contributed by atoms with Gasteiger partial charge >= 0.3 is 0 Å². The molecule has 0 saturated carbocycles. The van der Waals surface area contributed by atoms with Crippen LogP contribution in [-0.4, -0.2) is 26.1 Å². The van der Waals surface area contributed by atoms with Gasteiger partial charge in [0, 0.05) is 21.6 Å². The van der Waals surface area contributed by atoms with Crippen molar-refractivity contribution in [3.8, 4) is 11.1 Å². The summed E-state index contributed by atoms with van der Waals surface area (Å²) in [7, 11) is 0. The van der Waals surface area contributed by atoms with Gasteiger partial charge in [0.2, 0.25) is 0 Å². The summed E-state index contributed by atoms with van der Waals surface area (Å²) in [4.78, 5) is 17.7. The van der Waals surface area contributed by atoms with Gasteiger partial charge in [-0.25, -0.2) is 9.50 Å². The van der Waals surface area contributed by atoms with Crippen LogP contribution in [0.1, 0.15) is 42.5 Å². The molecule has 0 aliphatic rings. The monoisotopic (exact) mass is 449 g/mol. The Kier molecular flexibility index (Phi) is 5.91. The van der Waals surface area contributed by atoms with Gasteiger partial charge in [-0.05, 0) is 30.7 Å². The summed E-state index contributed by atoms with van der Waals surface area (Å²) in [6.07, 6.45) is 0. The molecule has 0 radical (unpaired) electrons. The molecule has 0 unspecified atom stereocenters. The molecule has 4 rings (SSSR count).